The molecular formula is C53H62O17. The molecule has 0 aliphatic heterocycles. The van der Waals surface area contributed by atoms with Crippen molar-refractivity contribution in [2.75, 3.05) is 33.2 Å². The lowest BCUT2D eigenvalue weighted by molar-refractivity contribution is -0.490. The molecule has 0 aromatic heterocycles. The number of benzene rings is 4. The van der Waals surface area contributed by atoms with Crippen molar-refractivity contribution in [1.82, 2.24) is 0 Å². The first-order valence-electron chi connectivity index (χ1n) is 20.6. The van der Waals surface area contributed by atoms with Crippen LogP contribution < -0.4 is 14.2 Å². The lowest BCUT2D eigenvalue weighted by atomic mass is 9.97. The Morgan fingerprint density at radius 3 is 1.49 bits per heavy atom. The maximum absolute atomic E-state index is 12.3. The lowest BCUT2D eigenvalue weighted by Crippen LogP contribution is -2.30. The van der Waals surface area contributed by atoms with E-state index in [0.717, 1.165) is 18.6 Å². The third kappa shape index (κ3) is 24.2. The standard InChI is InChI=1S/C28H32O10.C20H18O7.2C2H4.CH4/c1-18(16-23(29)38-17-37-22-12-8-20(9-13-22)25(31)28(4,5)34)26(32)36-15-14-35-21-10-6-19(7-11-21)24(30)27(2,3)33;1-2-19(21)24-13-15-26-27-25-14-12-23-18-10-8-17(9-11-18)20(22)16-6-4-3-5-7-16;2*1-2;/h6-13,33-34H,1,14-17H2,2-5H3;2-11,13,15H,1,12,14H2;2*1-2H2;1H4/b;15-13+;;;. The number of esters is 3. The smallest absolute Gasteiger partial charge is 0.335 e. The van der Waals surface area contributed by atoms with Crippen LogP contribution in [0.3, 0.4) is 0 Å². The SMILES string of the molecule is C.C=C.C=C.C=C(CC(=O)OCOc1ccc(C(=O)C(C)(C)O)cc1)C(=O)OCCOc1ccc(C(=O)C(C)(C)O)cc1.C=CC(=O)O/C=C/OOOCCOc1ccc(C(=O)c2ccccc2)cc1. The fourth-order valence-electron chi connectivity index (χ4n) is 4.87. The van der Waals surface area contributed by atoms with Crippen molar-refractivity contribution >= 4 is 35.3 Å². The van der Waals surface area contributed by atoms with Gasteiger partial charge < -0.3 is 43.5 Å². The van der Waals surface area contributed by atoms with E-state index < -0.39 is 53.9 Å². The molecule has 70 heavy (non-hydrogen) atoms. The largest absolute Gasteiger partial charge is 0.491 e. The first-order valence-corrected chi connectivity index (χ1v) is 20.6. The van der Waals surface area contributed by atoms with E-state index in [9.17, 15) is 39.0 Å². The molecule has 0 amide bonds. The molecule has 0 saturated heterocycles. The number of carbonyl (C=O) groups excluding carboxylic acids is 6. The molecule has 4 aromatic carbocycles. The number of rotatable bonds is 25. The molecule has 4 aromatic rings. The molecule has 0 spiro atoms. The van der Waals surface area contributed by atoms with Gasteiger partial charge in [0.15, 0.2) is 23.6 Å². The van der Waals surface area contributed by atoms with Gasteiger partial charge in [-0.25, -0.2) is 9.59 Å². The third-order valence-electron chi connectivity index (χ3n) is 8.16. The summed E-state index contributed by atoms with van der Waals surface area (Å²) in [5, 5.41) is 23.9. The summed E-state index contributed by atoms with van der Waals surface area (Å²) in [5.74, 6) is -1.72. The number of ether oxygens (including phenoxy) is 6. The predicted molar refractivity (Wildman–Crippen MR) is 261 cm³/mol. The fraction of sp³-hybridized carbons (Fsp3) is 0.245. The van der Waals surface area contributed by atoms with Gasteiger partial charge in [-0.3, -0.25) is 19.2 Å². The summed E-state index contributed by atoms with van der Waals surface area (Å²) >= 11 is 0. The predicted octanol–water partition coefficient (Wildman–Crippen LogP) is 8.66. The summed E-state index contributed by atoms with van der Waals surface area (Å²) < 4.78 is 30.6. The van der Waals surface area contributed by atoms with Crippen molar-refractivity contribution in [3.05, 3.63) is 189 Å². The quantitative estimate of drug-likeness (QED) is 0.00605. The van der Waals surface area contributed by atoms with Crippen molar-refractivity contribution in [2.24, 2.45) is 0 Å². The number of ketones is 3. The molecule has 0 unspecified atom stereocenters. The highest BCUT2D eigenvalue weighted by molar-refractivity contribution is 6.09. The van der Waals surface area contributed by atoms with Gasteiger partial charge in [0.1, 0.15) is 61.1 Å². The van der Waals surface area contributed by atoms with Crippen LogP contribution in [0.1, 0.15) is 78.2 Å². The summed E-state index contributed by atoms with van der Waals surface area (Å²) in [4.78, 5) is 80.2. The van der Waals surface area contributed by atoms with E-state index in [0.29, 0.717) is 39.5 Å². The molecule has 0 aliphatic carbocycles. The van der Waals surface area contributed by atoms with Gasteiger partial charge in [-0.2, -0.15) is 4.89 Å². The van der Waals surface area contributed by atoms with Gasteiger partial charge in [0, 0.05) is 33.9 Å². The zero-order valence-electron chi connectivity index (χ0n) is 39.1. The highest BCUT2D eigenvalue weighted by atomic mass is 17.5. The number of carbonyl (C=O) groups is 6. The molecule has 0 radical (unpaired) electrons. The second-order valence-corrected chi connectivity index (χ2v) is 14.3. The Balaban J connectivity index is 0.00000131. The second-order valence-electron chi connectivity index (χ2n) is 14.3. The highest BCUT2D eigenvalue weighted by Gasteiger charge is 2.26. The molecule has 0 bridgehead atoms. The Bertz CT molecular complexity index is 2270. The van der Waals surface area contributed by atoms with Gasteiger partial charge in [-0.05, 0) is 106 Å². The first kappa shape index (κ1) is 62.0. The fourth-order valence-corrected chi connectivity index (χ4v) is 4.87. The Hall–Kier alpha value is -7.96. The zero-order valence-corrected chi connectivity index (χ0v) is 39.1. The van der Waals surface area contributed by atoms with Crippen LogP contribution in [0.4, 0.5) is 0 Å². The van der Waals surface area contributed by atoms with E-state index in [1.54, 1.807) is 48.5 Å². The van der Waals surface area contributed by atoms with E-state index in [2.05, 4.69) is 54.1 Å². The minimum absolute atomic E-state index is 0. The molecule has 0 fully saturated rings. The minimum Gasteiger partial charge on any atom is -0.491 e. The van der Waals surface area contributed by atoms with E-state index in [4.69, 9.17) is 28.6 Å². The van der Waals surface area contributed by atoms with Gasteiger partial charge in [0.2, 0.25) is 6.79 Å². The van der Waals surface area contributed by atoms with Crippen molar-refractivity contribution < 1.29 is 82.2 Å². The van der Waals surface area contributed by atoms with E-state index in [1.165, 1.54) is 64.1 Å². The van der Waals surface area contributed by atoms with Crippen molar-refractivity contribution in [3.63, 3.8) is 0 Å². The molecule has 17 nitrogen and oxygen atoms in total. The Morgan fingerprint density at radius 2 is 1.01 bits per heavy atom. The van der Waals surface area contributed by atoms with Gasteiger partial charge in [-0.15, -0.1) is 26.3 Å². The molecular weight excluding hydrogens is 909 g/mol. The van der Waals surface area contributed by atoms with Gasteiger partial charge in [-0.1, -0.05) is 50.9 Å². The van der Waals surface area contributed by atoms with Crippen LogP contribution in [0.15, 0.2) is 167 Å². The number of hydrogen-bond donors (Lipinski definition) is 2. The van der Waals surface area contributed by atoms with Crippen LogP contribution in [0.2, 0.25) is 0 Å². The van der Waals surface area contributed by atoms with Crippen LogP contribution in [-0.4, -0.2) is 89.9 Å². The summed E-state index contributed by atoms with van der Waals surface area (Å²) in [6.07, 6.45) is 2.55. The Labute approximate surface area is 408 Å². The van der Waals surface area contributed by atoms with E-state index in [1.807, 2.05) is 18.2 Å². The number of aliphatic hydroxyl groups is 2. The van der Waals surface area contributed by atoms with Gasteiger partial charge in [0.25, 0.3) is 0 Å². The monoisotopic (exact) mass is 970 g/mol. The summed E-state index contributed by atoms with van der Waals surface area (Å²) in [6.45, 7) is 24.1. The summed E-state index contributed by atoms with van der Waals surface area (Å²) in [6, 6.07) is 27.9. The number of Topliss-reactive ketones (excluding diaryl/α,β-unsaturated/α-hetero) is 2. The van der Waals surface area contributed by atoms with Crippen LogP contribution in [0.5, 0.6) is 17.2 Å². The second kappa shape index (κ2) is 33.5. The molecule has 2 N–H and O–H groups in total. The van der Waals surface area contributed by atoms with Crippen LogP contribution in [0, 0.1) is 0 Å². The van der Waals surface area contributed by atoms with Crippen LogP contribution >= 0.6 is 0 Å². The van der Waals surface area contributed by atoms with Crippen LogP contribution in [0.25, 0.3) is 0 Å². The first-order chi connectivity index (χ1) is 32.9. The molecule has 4 rings (SSSR count). The average Bonchev–Trinajstić information content (AvgIpc) is 3.35. The normalized spacial score (nSPS) is 10.3. The Morgan fingerprint density at radius 1 is 0.571 bits per heavy atom. The lowest BCUT2D eigenvalue weighted by Gasteiger charge is -2.15. The molecule has 0 aliphatic rings. The Kier molecular flexibility index (Phi) is 29.7. The highest BCUT2D eigenvalue weighted by Crippen LogP contribution is 2.19. The van der Waals surface area contributed by atoms with Gasteiger partial charge in [0.05, 0.1) is 6.42 Å². The molecule has 376 valence electrons. The molecule has 0 heterocycles. The summed E-state index contributed by atoms with van der Waals surface area (Å²) in [7, 11) is 0. The maximum atomic E-state index is 12.3. The average molecular weight is 971 g/mol. The number of hydrogen-bond acceptors (Lipinski definition) is 17. The third-order valence-corrected chi connectivity index (χ3v) is 8.16. The maximum Gasteiger partial charge on any atom is 0.335 e. The van der Waals surface area contributed by atoms with Crippen molar-refractivity contribution in [2.45, 2.75) is 52.7 Å². The molecule has 17 heteroatoms. The van der Waals surface area contributed by atoms with Crippen LogP contribution in [-0.2, 0) is 43.4 Å². The topological polar surface area (TPSA) is 226 Å². The van der Waals surface area contributed by atoms with Gasteiger partial charge >= 0.3 is 17.9 Å². The summed E-state index contributed by atoms with van der Waals surface area (Å²) in [5.41, 5.74) is -1.25. The van der Waals surface area contributed by atoms with Crippen molar-refractivity contribution in [3.8, 4) is 17.2 Å². The van der Waals surface area contributed by atoms with E-state index in [-0.39, 0.29) is 45.2 Å². The van der Waals surface area contributed by atoms with Crippen molar-refractivity contribution in [1.29, 1.82) is 0 Å². The minimum atomic E-state index is -1.50. The van der Waals surface area contributed by atoms with E-state index >= 15 is 0 Å². The zero-order chi connectivity index (χ0) is 51.8. The molecule has 0 saturated carbocycles. The molecule has 0 atom stereocenters.